The van der Waals surface area contributed by atoms with Gasteiger partial charge in [-0.2, -0.15) is 9.97 Å². The van der Waals surface area contributed by atoms with Gasteiger partial charge < -0.3 is 4.57 Å². The monoisotopic (exact) mass is 831 g/mol. The van der Waals surface area contributed by atoms with E-state index in [2.05, 4.69) is 229 Å². The standard InChI is InChI=1S/C60H41N5/c1-60(2)48-27-12-9-23-45(48)55-49(60)35-36-53-56(55)47-25-11-13-28-50(47)64(53)43-22-15-21-42(37-43)58-61-57(41-33-31-39(32-34-41)38-17-5-3-6-18-38)62-59(63-58)65-51-29-14-10-24-46(51)54-44(26-16-30-52(54)65)40-19-7-4-8-20-40/h3-37H,1-2H3. The number of fused-ring (bicyclic) bond motifs is 10. The molecule has 0 atom stereocenters. The van der Waals surface area contributed by atoms with E-state index in [0.29, 0.717) is 17.6 Å². The fourth-order valence-corrected chi connectivity index (χ4v) is 10.6. The van der Waals surface area contributed by atoms with Crippen molar-refractivity contribution in [2.75, 3.05) is 0 Å². The molecule has 0 amide bonds. The van der Waals surface area contributed by atoms with Crippen LogP contribution in [0, 0.1) is 0 Å². The minimum Gasteiger partial charge on any atom is -0.309 e. The molecule has 0 radical (unpaired) electrons. The Labute approximate surface area is 376 Å². The Hall–Kier alpha value is -8.41. The molecule has 0 N–H and O–H groups in total. The number of para-hydroxylation sites is 2. The van der Waals surface area contributed by atoms with Crippen LogP contribution < -0.4 is 0 Å². The van der Waals surface area contributed by atoms with Gasteiger partial charge in [0.25, 0.3) is 0 Å². The molecule has 0 unspecified atom stereocenters. The second-order valence-electron chi connectivity index (χ2n) is 17.6. The first-order valence-corrected chi connectivity index (χ1v) is 22.3. The molecule has 0 bridgehead atoms. The van der Waals surface area contributed by atoms with E-state index >= 15 is 0 Å². The minimum atomic E-state index is -0.0985. The van der Waals surface area contributed by atoms with Crippen LogP contribution in [0.1, 0.15) is 25.0 Å². The Morgan fingerprint density at radius 2 is 0.892 bits per heavy atom. The summed E-state index contributed by atoms with van der Waals surface area (Å²) in [7, 11) is 0. The van der Waals surface area contributed by atoms with Crippen LogP contribution >= 0.6 is 0 Å². The van der Waals surface area contributed by atoms with E-state index in [1.54, 1.807) is 0 Å². The lowest BCUT2D eigenvalue weighted by Crippen LogP contribution is -2.14. The molecule has 1 aliphatic rings. The van der Waals surface area contributed by atoms with Gasteiger partial charge in [-0.05, 0) is 80.9 Å². The third kappa shape index (κ3) is 5.68. The highest BCUT2D eigenvalue weighted by Crippen LogP contribution is 2.53. The highest BCUT2D eigenvalue weighted by atomic mass is 15.2. The molecule has 65 heavy (non-hydrogen) atoms. The van der Waals surface area contributed by atoms with Crippen LogP contribution in [0.25, 0.3) is 111 Å². The van der Waals surface area contributed by atoms with Crippen LogP contribution in [0.4, 0.5) is 0 Å². The summed E-state index contributed by atoms with van der Waals surface area (Å²) in [6, 6.07) is 75.8. The van der Waals surface area contributed by atoms with Crippen molar-refractivity contribution in [1.29, 1.82) is 0 Å². The van der Waals surface area contributed by atoms with Gasteiger partial charge in [-0.25, -0.2) is 4.98 Å². The van der Waals surface area contributed by atoms with E-state index in [4.69, 9.17) is 15.0 Å². The van der Waals surface area contributed by atoms with Crippen molar-refractivity contribution in [3.05, 3.63) is 223 Å². The summed E-state index contributed by atoms with van der Waals surface area (Å²) in [5, 5.41) is 4.83. The van der Waals surface area contributed by atoms with E-state index < -0.39 is 0 Å². The molecular formula is C60H41N5. The van der Waals surface area contributed by atoms with Crippen LogP contribution in [0.15, 0.2) is 212 Å². The van der Waals surface area contributed by atoms with Crippen molar-refractivity contribution in [3.8, 4) is 67.8 Å². The van der Waals surface area contributed by atoms with E-state index in [1.165, 1.54) is 44.1 Å². The molecule has 0 saturated heterocycles. The molecule has 3 heterocycles. The molecule has 0 aliphatic heterocycles. The van der Waals surface area contributed by atoms with Crippen molar-refractivity contribution >= 4 is 43.6 Å². The quantitative estimate of drug-likeness (QED) is 0.168. The molecule has 5 heteroatoms. The van der Waals surface area contributed by atoms with E-state index in [0.717, 1.165) is 60.8 Å². The molecule has 5 nitrogen and oxygen atoms in total. The van der Waals surface area contributed by atoms with Gasteiger partial charge in [-0.3, -0.25) is 4.57 Å². The molecule has 1 aliphatic carbocycles. The topological polar surface area (TPSA) is 48.5 Å². The fraction of sp³-hybridized carbons (Fsp3) is 0.0500. The summed E-state index contributed by atoms with van der Waals surface area (Å²) < 4.78 is 4.62. The van der Waals surface area contributed by atoms with Gasteiger partial charge in [0.2, 0.25) is 5.95 Å². The van der Waals surface area contributed by atoms with Crippen LogP contribution in [-0.4, -0.2) is 24.1 Å². The van der Waals surface area contributed by atoms with Crippen molar-refractivity contribution in [3.63, 3.8) is 0 Å². The lowest BCUT2D eigenvalue weighted by Gasteiger charge is -2.21. The van der Waals surface area contributed by atoms with E-state index in [9.17, 15) is 0 Å². The van der Waals surface area contributed by atoms with Crippen molar-refractivity contribution in [2.24, 2.45) is 0 Å². The highest BCUT2D eigenvalue weighted by molar-refractivity contribution is 6.18. The van der Waals surface area contributed by atoms with Gasteiger partial charge in [0.05, 0.1) is 22.1 Å². The van der Waals surface area contributed by atoms with Crippen molar-refractivity contribution in [1.82, 2.24) is 24.1 Å². The van der Waals surface area contributed by atoms with Crippen LogP contribution in [0.3, 0.4) is 0 Å². The molecule has 0 saturated carbocycles. The third-order valence-electron chi connectivity index (χ3n) is 13.6. The maximum atomic E-state index is 5.41. The summed E-state index contributed by atoms with van der Waals surface area (Å²) in [6.07, 6.45) is 0. The van der Waals surface area contributed by atoms with Crippen LogP contribution in [-0.2, 0) is 5.41 Å². The van der Waals surface area contributed by atoms with Gasteiger partial charge in [0.15, 0.2) is 11.6 Å². The van der Waals surface area contributed by atoms with Crippen molar-refractivity contribution in [2.45, 2.75) is 19.3 Å². The Kier molecular flexibility index (Phi) is 8.18. The second-order valence-corrected chi connectivity index (χ2v) is 17.6. The lowest BCUT2D eigenvalue weighted by atomic mass is 9.82. The predicted molar refractivity (Wildman–Crippen MR) is 268 cm³/mol. The summed E-state index contributed by atoms with van der Waals surface area (Å²) in [6.45, 7) is 4.70. The van der Waals surface area contributed by atoms with E-state index in [1.807, 2.05) is 6.07 Å². The largest absolute Gasteiger partial charge is 0.309 e. The minimum absolute atomic E-state index is 0.0985. The van der Waals surface area contributed by atoms with Gasteiger partial charge >= 0.3 is 0 Å². The van der Waals surface area contributed by atoms with Crippen LogP contribution in [0.2, 0.25) is 0 Å². The van der Waals surface area contributed by atoms with Gasteiger partial charge in [-0.1, -0.05) is 190 Å². The SMILES string of the molecule is CC1(C)c2ccccc2-c2c1ccc1c2c2ccccc2n1-c1cccc(-c2nc(-c3ccc(-c4ccccc4)cc3)nc(-n3c4ccccc4c4c(-c5ccccc5)cccc43)n2)c1. The normalized spacial score (nSPS) is 12.9. The average Bonchev–Trinajstić information content (AvgIpc) is 3.97. The lowest BCUT2D eigenvalue weighted by molar-refractivity contribution is 0.661. The van der Waals surface area contributed by atoms with Gasteiger partial charge in [0.1, 0.15) is 0 Å². The summed E-state index contributed by atoms with van der Waals surface area (Å²) in [4.78, 5) is 16.0. The highest BCUT2D eigenvalue weighted by Gasteiger charge is 2.37. The molecule has 0 spiro atoms. The number of rotatable bonds is 6. The predicted octanol–water partition coefficient (Wildman–Crippen LogP) is 15.0. The molecular weight excluding hydrogens is 791 g/mol. The average molecular weight is 832 g/mol. The zero-order valence-corrected chi connectivity index (χ0v) is 35.9. The Morgan fingerprint density at radius 1 is 0.354 bits per heavy atom. The van der Waals surface area contributed by atoms with Gasteiger partial charge in [-0.15, -0.1) is 0 Å². The zero-order chi connectivity index (χ0) is 43.2. The number of aromatic nitrogens is 5. The Morgan fingerprint density at radius 3 is 1.66 bits per heavy atom. The molecule has 9 aromatic carbocycles. The van der Waals surface area contributed by atoms with E-state index in [-0.39, 0.29) is 5.41 Å². The first-order chi connectivity index (χ1) is 32.0. The molecule has 306 valence electrons. The zero-order valence-electron chi connectivity index (χ0n) is 35.9. The summed E-state index contributed by atoms with van der Waals surface area (Å²) >= 11 is 0. The molecule has 3 aromatic heterocycles. The molecule has 12 aromatic rings. The number of hydrogen-bond donors (Lipinski definition) is 0. The first kappa shape index (κ1) is 37.2. The smallest absolute Gasteiger partial charge is 0.238 e. The maximum absolute atomic E-state index is 5.41. The van der Waals surface area contributed by atoms with Crippen LogP contribution in [0.5, 0.6) is 0 Å². The number of benzene rings is 9. The van der Waals surface area contributed by atoms with Gasteiger partial charge in [0, 0.05) is 43.8 Å². The molecule has 0 fully saturated rings. The first-order valence-electron chi connectivity index (χ1n) is 22.3. The molecule has 13 rings (SSSR count). The Balaban J connectivity index is 1.03. The fourth-order valence-electron chi connectivity index (χ4n) is 10.6. The number of hydrogen-bond acceptors (Lipinski definition) is 3. The Bertz CT molecular complexity index is 3840. The third-order valence-corrected chi connectivity index (χ3v) is 13.6. The number of nitrogens with zero attached hydrogens (tertiary/aromatic N) is 5. The maximum Gasteiger partial charge on any atom is 0.238 e. The summed E-state index contributed by atoms with van der Waals surface area (Å²) in [5.74, 6) is 1.77. The second kappa shape index (κ2) is 14.3. The van der Waals surface area contributed by atoms with Crippen molar-refractivity contribution < 1.29 is 0 Å². The summed E-state index contributed by atoms with van der Waals surface area (Å²) in [5.41, 5.74) is 17.2.